The maximum atomic E-state index is 13.0. The zero-order chi connectivity index (χ0) is 18.9. The van der Waals surface area contributed by atoms with Crippen molar-refractivity contribution in [2.24, 2.45) is 5.92 Å². The molecule has 1 heterocycles. The Bertz CT molecular complexity index is 713. The summed E-state index contributed by atoms with van der Waals surface area (Å²) in [6, 6.07) is 4.00. The number of non-ortho nitro benzene ring substituents is 1. The van der Waals surface area contributed by atoms with Gasteiger partial charge in [0.2, 0.25) is 0 Å². The number of benzene rings is 1. The second kappa shape index (κ2) is 6.70. The number of ether oxygens (including phenoxy) is 2. The largest absolute Gasteiger partial charge is 0.478 e. The third-order valence-electron chi connectivity index (χ3n) is 4.05. The van der Waals surface area contributed by atoms with Crippen LogP contribution in [0, 0.1) is 16.0 Å². The lowest BCUT2D eigenvalue weighted by atomic mass is 9.95. The normalized spacial score (nSPS) is 17.1. The molecule has 25 heavy (non-hydrogen) atoms. The number of hydrogen-bond donors (Lipinski definition) is 0. The summed E-state index contributed by atoms with van der Waals surface area (Å²) in [7, 11) is 0. The van der Waals surface area contributed by atoms with Crippen molar-refractivity contribution < 1.29 is 24.0 Å². The Labute approximate surface area is 145 Å². The molecule has 2 rings (SSSR count). The lowest BCUT2D eigenvalue weighted by Crippen LogP contribution is -2.60. The third kappa shape index (κ3) is 3.29. The Morgan fingerprint density at radius 2 is 2.08 bits per heavy atom. The highest BCUT2D eigenvalue weighted by Crippen LogP contribution is 2.41. The number of anilines is 1. The van der Waals surface area contributed by atoms with E-state index in [0.29, 0.717) is 5.75 Å². The lowest BCUT2D eigenvalue weighted by Gasteiger charge is -2.42. The number of nitrogens with zero attached hydrogens (tertiary/aromatic N) is 2. The molecule has 0 fully saturated rings. The van der Waals surface area contributed by atoms with Gasteiger partial charge >= 0.3 is 5.97 Å². The van der Waals surface area contributed by atoms with E-state index in [1.165, 1.54) is 23.1 Å². The minimum Gasteiger partial charge on any atom is -0.478 e. The Kier molecular flexibility index (Phi) is 5.01. The summed E-state index contributed by atoms with van der Waals surface area (Å²) in [6.07, 6.45) is -0.789. The molecule has 0 saturated carbocycles. The van der Waals surface area contributed by atoms with Gasteiger partial charge < -0.3 is 9.47 Å². The molecule has 1 aromatic carbocycles. The number of hydrogen-bond acceptors (Lipinski definition) is 6. The van der Waals surface area contributed by atoms with Crippen LogP contribution in [0.1, 0.15) is 34.6 Å². The predicted molar refractivity (Wildman–Crippen MR) is 90.5 cm³/mol. The van der Waals surface area contributed by atoms with E-state index in [4.69, 9.17) is 9.47 Å². The van der Waals surface area contributed by atoms with Crippen LogP contribution in [0.2, 0.25) is 0 Å². The molecule has 0 saturated heterocycles. The summed E-state index contributed by atoms with van der Waals surface area (Å²) in [4.78, 5) is 37.2. The fourth-order valence-electron chi connectivity index (χ4n) is 2.72. The molecule has 1 aliphatic heterocycles. The van der Waals surface area contributed by atoms with Gasteiger partial charge in [0.25, 0.3) is 11.6 Å². The van der Waals surface area contributed by atoms with Crippen LogP contribution in [0.4, 0.5) is 11.4 Å². The van der Waals surface area contributed by atoms with E-state index in [-0.39, 0.29) is 23.9 Å². The van der Waals surface area contributed by atoms with Crippen molar-refractivity contribution in [1.82, 2.24) is 0 Å². The van der Waals surface area contributed by atoms with Gasteiger partial charge in [0.05, 0.1) is 17.2 Å². The first-order valence-electron chi connectivity index (χ1n) is 8.07. The Morgan fingerprint density at radius 3 is 2.60 bits per heavy atom. The zero-order valence-electron chi connectivity index (χ0n) is 14.9. The van der Waals surface area contributed by atoms with Gasteiger partial charge in [0, 0.05) is 12.1 Å². The molecule has 8 heteroatoms. The van der Waals surface area contributed by atoms with Crippen LogP contribution >= 0.6 is 0 Å². The van der Waals surface area contributed by atoms with Crippen molar-refractivity contribution in [2.75, 3.05) is 11.5 Å². The van der Waals surface area contributed by atoms with E-state index in [0.717, 1.165) is 0 Å². The minimum absolute atomic E-state index is 0.142. The number of nitro groups is 1. The first kappa shape index (κ1) is 18.7. The lowest BCUT2D eigenvalue weighted by molar-refractivity contribution is -0.384. The molecule has 1 aliphatic rings. The van der Waals surface area contributed by atoms with Crippen LogP contribution in [-0.4, -0.2) is 35.0 Å². The first-order chi connectivity index (χ1) is 11.6. The summed E-state index contributed by atoms with van der Waals surface area (Å²) in [5.74, 6) is -0.844. The quantitative estimate of drug-likeness (QED) is 0.460. The number of fused-ring (bicyclic) bond motifs is 1. The molecular formula is C17H22N2O6. The molecule has 1 aromatic rings. The molecule has 0 radical (unpaired) electrons. The van der Waals surface area contributed by atoms with Crippen molar-refractivity contribution in [3.05, 3.63) is 28.3 Å². The van der Waals surface area contributed by atoms with Gasteiger partial charge in [-0.1, -0.05) is 13.8 Å². The Hall–Kier alpha value is -2.64. The molecule has 0 aromatic heterocycles. The summed E-state index contributed by atoms with van der Waals surface area (Å²) in [5.41, 5.74) is -1.34. The van der Waals surface area contributed by atoms with Gasteiger partial charge in [0.15, 0.2) is 6.10 Å². The highest BCUT2D eigenvalue weighted by molar-refractivity contribution is 6.06. The molecule has 0 aliphatic carbocycles. The van der Waals surface area contributed by atoms with Crippen molar-refractivity contribution in [3.63, 3.8) is 0 Å². The van der Waals surface area contributed by atoms with Crippen LogP contribution in [0.5, 0.6) is 5.75 Å². The molecule has 0 spiro atoms. The Morgan fingerprint density at radius 1 is 1.44 bits per heavy atom. The molecule has 136 valence electrons. The summed E-state index contributed by atoms with van der Waals surface area (Å²) in [6.45, 7) is 8.59. The van der Waals surface area contributed by atoms with Crippen LogP contribution < -0.4 is 9.64 Å². The first-order valence-corrected chi connectivity index (χ1v) is 8.07. The van der Waals surface area contributed by atoms with Crippen molar-refractivity contribution in [3.8, 4) is 5.75 Å². The second-order valence-corrected chi connectivity index (χ2v) is 6.64. The topological polar surface area (TPSA) is 99.0 Å². The predicted octanol–water partition coefficient (Wildman–Crippen LogP) is 2.69. The van der Waals surface area contributed by atoms with Gasteiger partial charge in [-0.3, -0.25) is 19.8 Å². The van der Waals surface area contributed by atoms with Crippen LogP contribution in [0.15, 0.2) is 18.2 Å². The zero-order valence-corrected chi connectivity index (χ0v) is 14.9. The number of nitro benzene ring substituents is 1. The highest BCUT2D eigenvalue weighted by Gasteiger charge is 2.48. The van der Waals surface area contributed by atoms with Gasteiger partial charge in [-0.15, -0.1) is 0 Å². The van der Waals surface area contributed by atoms with E-state index in [1.807, 2.05) is 13.8 Å². The second-order valence-electron chi connectivity index (χ2n) is 6.64. The maximum Gasteiger partial charge on any atom is 0.331 e. The number of rotatable bonds is 5. The van der Waals surface area contributed by atoms with Gasteiger partial charge in [0.1, 0.15) is 11.3 Å². The molecule has 1 atom stereocenters. The van der Waals surface area contributed by atoms with Crippen molar-refractivity contribution in [2.45, 2.75) is 46.3 Å². The van der Waals surface area contributed by atoms with Crippen molar-refractivity contribution >= 4 is 23.3 Å². The molecule has 0 bridgehead atoms. The van der Waals surface area contributed by atoms with Gasteiger partial charge in [-0.25, -0.2) is 4.79 Å². The number of carbonyl (C=O) groups is 2. The fourth-order valence-corrected chi connectivity index (χ4v) is 2.72. The highest BCUT2D eigenvalue weighted by atomic mass is 16.6. The van der Waals surface area contributed by atoms with Crippen molar-refractivity contribution in [1.29, 1.82) is 0 Å². The Balaban J connectivity index is 2.63. The van der Waals surface area contributed by atoms with Gasteiger partial charge in [-0.2, -0.15) is 0 Å². The maximum absolute atomic E-state index is 13.0. The molecule has 1 amide bonds. The number of carbonyl (C=O) groups excluding carboxylic acids is 2. The number of amides is 1. The molecular weight excluding hydrogens is 328 g/mol. The standard InChI is InChI=1S/C17H22N2O6/c1-6-24-16(21)17(4,5)18-12-9-11(19(22)23)7-8-13(12)25-14(10(2)3)15(18)20/h7-10,14H,6H2,1-5H3. The minimum atomic E-state index is -1.34. The van der Waals surface area contributed by atoms with Gasteiger partial charge in [-0.05, 0) is 32.8 Å². The smallest absolute Gasteiger partial charge is 0.331 e. The average Bonchev–Trinajstić information content (AvgIpc) is 2.53. The molecule has 8 nitrogen and oxygen atoms in total. The van der Waals surface area contributed by atoms with E-state index < -0.39 is 28.4 Å². The van der Waals surface area contributed by atoms with E-state index in [1.54, 1.807) is 20.8 Å². The van der Waals surface area contributed by atoms with Crippen LogP contribution in [-0.2, 0) is 14.3 Å². The SMILES string of the molecule is CCOC(=O)C(C)(C)N1C(=O)C(C(C)C)Oc2ccc([N+](=O)[O-])cc21. The van der Waals surface area contributed by atoms with Crippen LogP contribution in [0.3, 0.4) is 0 Å². The van der Waals surface area contributed by atoms with Crippen LogP contribution in [0.25, 0.3) is 0 Å². The third-order valence-corrected chi connectivity index (χ3v) is 4.05. The summed E-state index contributed by atoms with van der Waals surface area (Å²) in [5, 5.41) is 11.1. The monoisotopic (exact) mass is 350 g/mol. The summed E-state index contributed by atoms with van der Waals surface area (Å²) >= 11 is 0. The average molecular weight is 350 g/mol. The molecule has 0 N–H and O–H groups in total. The summed E-state index contributed by atoms with van der Waals surface area (Å²) < 4.78 is 10.8. The van der Waals surface area contributed by atoms with E-state index in [9.17, 15) is 19.7 Å². The number of esters is 1. The fraction of sp³-hybridized carbons (Fsp3) is 0.529. The van der Waals surface area contributed by atoms with E-state index >= 15 is 0 Å². The molecule has 1 unspecified atom stereocenters. The van der Waals surface area contributed by atoms with E-state index in [2.05, 4.69) is 0 Å².